The number of ether oxygens (including phenoxy) is 1. The fraction of sp³-hybridized carbons (Fsp3) is 0.214. The molecule has 2 aromatic rings. The Balaban J connectivity index is 2.29. The number of aromatic nitrogens is 1. The number of methoxy groups -OCH3 is 1. The second-order valence-electron chi connectivity index (χ2n) is 4.15. The number of hydrogen-bond donors (Lipinski definition) is 0. The number of fused-ring (bicyclic) bond motifs is 2. The first-order valence-electron chi connectivity index (χ1n) is 5.40. The van der Waals surface area contributed by atoms with Crippen molar-refractivity contribution >= 4 is 16.5 Å². The van der Waals surface area contributed by atoms with Gasteiger partial charge in [0, 0.05) is 24.5 Å². The monoisotopic (exact) mass is 211 g/mol. The van der Waals surface area contributed by atoms with Crippen LogP contribution in [-0.4, -0.2) is 12.1 Å². The van der Waals surface area contributed by atoms with Gasteiger partial charge in [-0.15, -0.1) is 0 Å². The Labute approximate surface area is 94.6 Å². The third-order valence-electron chi connectivity index (χ3n) is 3.15. The molecule has 0 amide bonds. The first-order valence-corrected chi connectivity index (χ1v) is 5.40. The van der Waals surface area contributed by atoms with Crippen LogP contribution in [0.1, 0.15) is 23.8 Å². The van der Waals surface area contributed by atoms with E-state index in [1.165, 1.54) is 5.56 Å². The summed E-state index contributed by atoms with van der Waals surface area (Å²) in [6.45, 7) is 4.06. The molecule has 80 valence electrons. The Morgan fingerprint density at radius 1 is 1.38 bits per heavy atom. The van der Waals surface area contributed by atoms with E-state index in [2.05, 4.69) is 23.7 Å². The van der Waals surface area contributed by atoms with Crippen LogP contribution in [0.25, 0.3) is 16.5 Å². The zero-order valence-corrected chi connectivity index (χ0v) is 9.23. The number of para-hydroxylation sites is 1. The van der Waals surface area contributed by atoms with Crippen LogP contribution in [0.4, 0.5) is 0 Å². The summed E-state index contributed by atoms with van der Waals surface area (Å²) in [5, 5.41) is 1.16. The van der Waals surface area contributed by atoms with Gasteiger partial charge in [-0.1, -0.05) is 24.8 Å². The molecular formula is C14H13NO. The lowest BCUT2D eigenvalue weighted by Gasteiger charge is -2.08. The summed E-state index contributed by atoms with van der Waals surface area (Å²) in [6.07, 6.45) is 0.981. The number of benzene rings is 1. The summed E-state index contributed by atoms with van der Waals surface area (Å²) >= 11 is 0. The highest BCUT2D eigenvalue weighted by Crippen LogP contribution is 2.40. The van der Waals surface area contributed by atoms with E-state index in [1.54, 1.807) is 7.11 Å². The van der Waals surface area contributed by atoms with E-state index >= 15 is 0 Å². The maximum atomic E-state index is 5.46. The highest BCUT2D eigenvalue weighted by Gasteiger charge is 2.26. The van der Waals surface area contributed by atoms with E-state index < -0.39 is 0 Å². The zero-order chi connectivity index (χ0) is 11.1. The van der Waals surface area contributed by atoms with Crippen molar-refractivity contribution < 1.29 is 4.74 Å². The van der Waals surface area contributed by atoms with Gasteiger partial charge >= 0.3 is 0 Å². The van der Waals surface area contributed by atoms with Crippen molar-refractivity contribution in [3.05, 3.63) is 48.2 Å². The number of nitrogens with zero attached hydrogens (tertiary/aromatic N) is 1. The largest absolute Gasteiger partial charge is 0.376 e. The summed E-state index contributed by atoms with van der Waals surface area (Å²) in [5.74, 6) is 0. The Morgan fingerprint density at radius 2 is 2.19 bits per heavy atom. The predicted octanol–water partition coefficient (Wildman–Crippen LogP) is 3.34. The number of hydrogen-bond acceptors (Lipinski definition) is 2. The number of pyridine rings is 1. The average molecular weight is 211 g/mol. The first kappa shape index (κ1) is 9.55. The summed E-state index contributed by atoms with van der Waals surface area (Å²) in [6, 6.07) is 10.3. The highest BCUT2D eigenvalue weighted by molar-refractivity contribution is 5.84. The molecule has 0 N–H and O–H groups in total. The van der Waals surface area contributed by atoms with Crippen molar-refractivity contribution in [2.45, 2.75) is 12.5 Å². The lowest BCUT2D eigenvalue weighted by molar-refractivity contribution is 0.112. The summed E-state index contributed by atoms with van der Waals surface area (Å²) in [5.41, 5.74) is 4.29. The maximum Gasteiger partial charge on any atom is 0.0883 e. The molecule has 2 nitrogen and oxygen atoms in total. The van der Waals surface area contributed by atoms with E-state index in [-0.39, 0.29) is 6.10 Å². The van der Waals surface area contributed by atoms with Gasteiger partial charge in [-0.2, -0.15) is 0 Å². The van der Waals surface area contributed by atoms with Gasteiger partial charge in [-0.3, -0.25) is 0 Å². The molecule has 0 bridgehead atoms. The molecule has 0 saturated heterocycles. The quantitative estimate of drug-likeness (QED) is 0.721. The lowest BCUT2D eigenvalue weighted by Crippen LogP contribution is -1.96. The topological polar surface area (TPSA) is 22.1 Å². The Hall–Kier alpha value is -1.67. The van der Waals surface area contributed by atoms with Crippen molar-refractivity contribution in [3.63, 3.8) is 0 Å². The fourth-order valence-corrected chi connectivity index (χ4v) is 2.30. The molecule has 0 saturated carbocycles. The van der Waals surface area contributed by atoms with Crippen molar-refractivity contribution in [2.75, 3.05) is 7.11 Å². The van der Waals surface area contributed by atoms with Gasteiger partial charge in [-0.25, -0.2) is 4.98 Å². The zero-order valence-electron chi connectivity index (χ0n) is 9.23. The molecule has 3 rings (SSSR count). The Kier molecular flexibility index (Phi) is 2.04. The van der Waals surface area contributed by atoms with Gasteiger partial charge in [0.2, 0.25) is 0 Å². The van der Waals surface area contributed by atoms with E-state index in [1.807, 2.05) is 18.2 Å². The van der Waals surface area contributed by atoms with Crippen LogP contribution >= 0.6 is 0 Å². The van der Waals surface area contributed by atoms with Gasteiger partial charge < -0.3 is 4.74 Å². The smallest absolute Gasteiger partial charge is 0.0883 e. The molecular weight excluding hydrogens is 198 g/mol. The number of rotatable bonds is 1. The van der Waals surface area contributed by atoms with Gasteiger partial charge in [-0.05, 0) is 17.7 Å². The van der Waals surface area contributed by atoms with Crippen LogP contribution in [0.5, 0.6) is 0 Å². The second-order valence-corrected chi connectivity index (χ2v) is 4.15. The van der Waals surface area contributed by atoms with E-state index in [0.29, 0.717) is 0 Å². The van der Waals surface area contributed by atoms with Crippen molar-refractivity contribution in [1.82, 2.24) is 4.98 Å². The summed E-state index contributed by atoms with van der Waals surface area (Å²) in [4.78, 5) is 4.66. The van der Waals surface area contributed by atoms with Crippen molar-refractivity contribution in [2.24, 2.45) is 0 Å². The van der Waals surface area contributed by atoms with Crippen LogP contribution in [0, 0.1) is 0 Å². The molecule has 0 spiro atoms. The normalized spacial score (nSPS) is 19.1. The minimum atomic E-state index is 0.125. The Morgan fingerprint density at radius 3 is 3.00 bits per heavy atom. The minimum absolute atomic E-state index is 0.125. The molecule has 1 atom stereocenters. The average Bonchev–Trinajstić information content (AvgIpc) is 2.63. The van der Waals surface area contributed by atoms with Gasteiger partial charge in [0.1, 0.15) is 0 Å². The van der Waals surface area contributed by atoms with Crippen molar-refractivity contribution in [3.8, 4) is 0 Å². The van der Waals surface area contributed by atoms with Crippen LogP contribution in [0.15, 0.2) is 36.9 Å². The van der Waals surface area contributed by atoms with Gasteiger partial charge in [0.15, 0.2) is 0 Å². The first-order chi connectivity index (χ1) is 7.79. The van der Waals surface area contributed by atoms with E-state index in [0.717, 1.165) is 28.6 Å². The summed E-state index contributed by atoms with van der Waals surface area (Å²) in [7, 11) is 1.74. The standard InChI is InChI=1S/C14H13NO/c1-9-7-13(16-2)11-8-10-5-3-4-6-12(10)15-14(9)11/h3-6,8,13H,1,7H2,2H3. The third-order valence-corrected chi connectivity index (χ3v) is 3.15. The molecule has 1 aromatic heterocycles. The lowest BCUT2D eigenvalue weighted by atomic mass is 10.1. The van der Waals surface area contributed by atoms with Crippen LogP contribution in [-0.2, 0) is 4.74 Å². The van der Waals surface area contributed by atoms with Crippen molar-refractivity contribution in [1.29, 1.82) is 0 Å². The maximum absolute atomic E-state index is 5.46. The molecule has 16 heavy (non-hydrogen) atoms. The third kappa shape index (κ3) is 1.27. The summed E-state index contributed by atoms with van der Waals surface area (Å²) < 4.78 is 5.46. The fourth-order valence-electron chi connectivity index (χ4n) is 2.30. The molecule has 0 fully saturated rings. The van der Waals surface area contributed by atoms with Gasteiger partial charge in [0.05, 0.1) is 17.3 Å². The molecule has 1 heterocycles. The molecule has 1 aliphatic rings. The SMILES string of the molecule is C=C1CC(OC)c2cc3ccccc3nc21. The van der Waals surface area contributed by atoms with Crippen LogP contribution in [0.3, 0.4) is 0 Å². The Bertz CT molecular complexity index is 574. The molecule has 1 aliphatic carbocycles. The minimum Gasteiger partial charge on any atom is -0.376 e. The van der Waals surface area contributed by atoms with Gasteiger partial charge in [0.25, 0.3) is 0 Å². The second kappa shape index (κ2) is 3.42. The van der Waals surface area contributed by atoms with E-state index in [9.17, 15) is 0 Å². The molecule has 0 radical (unpaired) electrons. The highest BCUT2D eigenvalue weighted by atomic mass is 16.5. The van der Waals surface area contributed by atoms with Crippen LogP contribution < -0.4 is 0 Å². The molecule has 1 unspecified atom stereocenters. The molecule has 0 aliphatic heterocycles. The molecule has 2 heteroatoms. The van der Waals surface area contributed by atoms with E-state index in [4.69, 9.17) is 4.74 Å². The van der Waals surface area contributed by atoms with Crippen LogP contribution in [0.2, 0.25) is 0 Å². The molecule has 1 aromatic carbocycles. The predicted molar refractivity (Wildman–Crippen MR) is 65.1 cm³/mol.